The predicted octanol–water partition coefficient (Wildman–Crippen LogP) is 2.84. The number of hydrogen-bond donors (Lipinski definition) is 1. The summed E-state index contributed by atoms with van der Waals surface area (Å²) >= 11 is 0. The molecule has 0 aliphatic heterocycles. The van der Waals surface area contributed by atoms with Crippen molar-refractivity contribution in [3.8, 4) is 5.75 Å². The third-order valence-electron chi connectivity index (χ3n) is 3.06. The van der Waals surface area contributed by atoms with E-state index in [0.29, 0.717) is 5.75 Å². The number of fused-ring (bicyclic) bond motifs is 3. The summed E-state index contributed by atoms with van der Waals surface area (Å²) in [6.07, 6.45) is -0.657. The lowest BCUT2D eigenvalue weighted by Crippen LogP contribution is -2.30. The molecule has 2 aromatic carbocycles. The van der Waals surface area contributed by atoms with E-state index in [2.05, 4.69) is 0 Å². The van der Waals surface area contributed by atoms with Crippen LogP contribution in [-0.4, -0.2) is 12.0 Å². The molecule has 0 saturated carbocycles. The Hall–Kier alpha value is -2.49. The average molecular weight is 255 g/mol. The second-order valence-electron chi connectivity index (χ2n) is 4.42. The fourth-order valence-electron chi connectivity index (χ4n) is 2.04. The second-order valence-corrected chi connectivity index (χ2v) is 4.42. The molecule has 0 saturated heterocycles. The topological polar surface area (TPSA) is 65.5 Å². The SMILES string of the molecule is C[C@H](Oc1ccc2oc3ccccc3c2c1)C(N)=O. The van der Waals surface area contributed by atoms with Crippen molar-refractivity contribution < 1.29 is 13.9 Å². The minimum Gasteiger partial charge on any atom is -0.481 e. The van der Waals surface area contributed by atoms with Gasteiger partial charge in [0.1, 0.15) is 16.9 Å². The van der Waals surface area contributed by atoms with E-state index in [4.69, 9.17) is 14.9 Å². The zero-order chi connectivity index (χ0) is 13.4. The minimum atomic E-state index is -0.657. The Morgan fingerprint density at radius 3 is 2.68 bits per heavy atom. The summed E-state index contributed by atoms with van der Waals surface area (Å²) in [5.74, 6) is 0.113. The van der Waals surface area contributed by atoms with Gasteiger partial charge < -0.3 is 14.9 Å². The van der Waals surface area contributed by atoms with E-state index >= 15 is 0 Å². The molecule has 0 spiro atoms. The first kappa shape index (κ1) is 11.6. The minimum absolute atomic E-state index is 0.489. The van der Waals surface area contributed by atoms with Crippen LogP contribution in [0.15, 0.2) is 46.9 Å². The first-order valence-electron chi connectivity index (χ1n) is 6.02. The quantitative estimate of drug-likeness (QED) is 0.782. The third kappa shape index (κ3) is 2.01. The maximum atomic E-state index is 11.0. The molecule has 19 heavy (non-hydrogen) atoms. The van der Waals surface area contributed by atoms with Gasteiger partial charge in [-0.2, -0.15) is 0 Å². The molecule has 4 heteroatoms. The van der Waals surface area contributed by atoms with Crippen LogP contribution in [0, 0.1) is 0 Å². The van der Waals surface area contributed by atoms with Crippen molar-refractivity contribution in [1.29, 1.82) is 0 Å². The summed E-state index contributed by atoms with van der Waals surface area (Å²) in [5.41, 5.74) is 6.81. The highest BCUT2D eigenvalue weighted by atomic mass is 16.5. The summed E-state index contributed by atoms with van der Waals surface area (Å²) < 4.78 is 11.2. The van der Waals surface area contributed by atoms with Gasteiger partial charge in [0.05, 0.1) is 0 Å². The van der Waals surface area contributed by atoms with E-state index in [9.17, 15) is 4.79 Å². The summed E-state index contributed by atoms with van der Waals surface area (Å²) in [7, 11) is 0. The first-order valence-corrected chi connectivity index (χ1v) is 6.02. The third-order valence-corrected chi connectivity index (χ3v) is 3.06. The number of para-hydroxylation sites is 1. The van der Waals surface area contributed by atoms with Crippen LogP contribution in [0.5, 0.6) is 5.75 Å². The molecule has 1 atom stereocenters. The van der Waals surface area contributed by atoms with E-state index in [1.54, 1.807) is 13.0 Å². The highest BCUT2D eigenvalue weighted by molar-refractivity contribution is 6.05. The Morgan fingerprint density at radius 1 is 1.16 bits per heavy atom. The van der Waals surface area contributed by atoms with Crippen LogP contribution in [0.2, 0.25) is 0 Å². The number of carbonyl (C=O) groups is 1. The fraction of sp³-hybridized carbons (Fsp3) is 0.133. The van der Waals surface area contributed by atoms with Crippen molar-refractivity contribution in [3.05, 3.63) is 42.5 Å². The van der Waals surface area contributed by atoms with Gasteiger partial charge in [0.25, 0.3) is 5.91 Å². The van der Waals surface area contributed by atoms with Crippen molar-refractivity contribution in [2.24, 2.45) is 5.73 Å². The summed E-state index contributed by atoms with van der Waals surface area (Å²) in [6.45, 7) is 1.63. The van der Waals surface area contributed by atoms with Crippen LogP contribution in [0.4, 0.5) is 0 Å². The maximum Gasteiger partial charge on any atom is 0.258 e. The molecule has 4 nitrogen and oxygen atoms in total. The van der Waals surface area contributed by atoms with Gasteiger partial charge in [0.2, 0.25) is 0 Å². The van der Waals surface area contributed by atoms with Gasteiger partial charge in [0, 0.05) is 10.8 Å². The number of rotatable bonds is 3. The summed E-state index contributed by atoms with van der Waals surface area (Å²) in [6, 6.07) is 13.3. The number of amides is 1. The van der Waals surface area contributed by atoms with Crippen LogP contribution in [0.1, 0.15) is 6.92 Å². The molecule has 0 unspecified atom stereocenters. The number of ether oxygens (including phenoxy) is 1. The molecule has 0 aliphatic rings. The predicted molar refractivity (Wildman–Crippen MR) is 73.0 cm³/mol. The molecular formula is C15H13NO3. The Balaban J connectivity index is 2.09. The molecule has 0 fully saturated rings. The van der Waals surface area contributed by atoms with Gasteiger partial charge in [-0.15, -0.1) is 0 Å². The van der Waals surface area contributed by atoms with Crippen LogP contribution >= 0.6 is 0 Å². The summed E-state index contributed by atoms with van der Waals surface area (Å²) in [4.78, 5) is 11.0. The Bertz CT molecular complexity index is 760. The highest BCUT2D eigenvalue weighted by Gasteiger charge is 2.12. The number of benzene rings is 2. The van der Waals surface area contributed by atoms with Gasteiger partial charge in [-0.25, -0.2) is 0 Å². The normalized spacial score (nSPS) is 12.7. The molecule has 1 heterocycles. The zero-order valence-corrected chi connectivity index (χ0v) is 10.4. The number of hydrogen-bond acceptors (Lipinski definition) is 3. The van der Waals surface area contributed by atoms with Crippen LogP contribution in [-0.2, 0) is 4.79 Å². The Kier molecular flexibility index (Phi) is 2.63. The number of nitrogens with two attached hydrogens (primary N) is 1. The Morgan fingerprint density at radius 2 is 1.89 bits per heavy atom. The molecule has 3 aromatic rings. The second kappa shape index (κ2) is 4.31. The lowest BCUT2D eigenvalue weighted by molar-refractivity contribution is -0.123. The average Bonchev–Trinajstić information content (AvgIpc) is 2.76. The molecule has 0 radical (unpaired) electrons. The molecule has 96 valence electrons. The van der Waals surface area contributed by atoms with Gasteiger partial charge >= 0.3 is 0 Å². The largest absolute Gasteiger partial charge is 0.481 e. The monoisotopic (exact) mass is 255 g/mol. The van der Waals surface area contributed by atoms with Gasteiger partial charge in [-0.05, 0) is 31.2 Å². The standard InChI is InChI=1S/C15H13NO3/c1-9(15(16)17)18-10-6-7-14-12(8-10)11-4-2-3-5-13(11)19-14/h2-9H,1H3,(H2,16,17)/t9-/m0/s1. The van der Waals surface area contributed by atoms with Crippen molar-refractivity contribution >= 4 is 27.8 Å². The van der Waals surface area contributed by atoms with Crippen LogP contribution in [0.25, 0.3) is 21.9 Å². The van der Waals surface area contributed by atoms with Gasteiger partial charge in [0.15, 0.2) is 6.10 Å². The zero-order valence-electron chi connectivity index (χ0n) is 10.4. The lowest BCUT2D eigenvalue weighted by atomic mass is 10.1. The first-order chi connectivity index (χ1) is 9.15. The van der Waals surface area contributed by atoms with E-state index in [-0.39, 0.29) is 0 Å². The van der Waals surface area contributed by atoms with Crippen LogP contribution < -0.4 is 10.5 Å². The number of carbonyl (C=O) groups excluding carboxylic acids is 1. The van der Waals surface area contributed by atoms with Crippen molar-refractivity contribution in [2.75, 3.05) is 0 Å². The maximum absolute atomic E-state index is 11.0. The van der Waals surface area contributed by atoms with Crippen LogP contribution in [0.3, 0.4) is 0 Å². The van der Waals surface area contributed by atoms with Crippen molar-refractivity contribution in [1.82, 2.24) is 0 Å². The molecule has 1 amide bonds. The van der Waals surface area contributed by atoms with Gasteiger partial charge in [-0.1, -0.05) is 18.2 Å². The van der Waals surface area contributed by atoms with E-state index in [1.807, 2.05) is 36.4 Å². The molecular weight excluding hydrogens is 242 g/mol. The fourth-order valence-corrected chi connectivity index (χ4v) is 2.04. The Labute approximate surface area is 109 Å². The number of primary amides is 1. The highest BCUT2D eigenvalue weighted by Crippen LogP contribution is 2.31. The van der Waals surface area contributed by atoms with Crippen molar-refractivity contribution in [2.45, 2.75) is 13.0 Å². The lowest BCUT2D eigenvalue weighted by Gasteiger charge is -2.10. The summed E-state index contributed by atoms with van der Waals surface area (Å²) in [5, 5.41) is 1.99. The molecule has 2 N–H and O–H groups in total. The van der Waals surface area contributed by atoms with E-state index in [1.165, 1.54) is 0 Å². The smallest absolute Gasteiger partial charge is 0.258 e. The van der Waals surface area contributed by atoms with Crippen molar-refractivity contribution in [3.63, 3.8) is 0 Å². The van der Waals surface area contributed by atoms with Gasteiger partial charge in [-0.3, -0.25) is 4.79 Å². The number of furan rings is 1. The molecule has 3 rings (SSSR count). The van der Waals surface area contributed by atoms with E-state index < -0.39 is 12.0 Å². The molecule has 0 aliphatic carbocycles. The van der Waals surface area contributed by atoms with E-state index in [0.717, 1.165) is 21.9 Å². The molecule has 0 bridgehead atoms. The molecule has 1 aromatic heterocycles.